The van der Waals surface area contributed by atoms with Crippen LogP contribution in [0.1, 0.15) is 5.56 Å². The van der Waals surface area contributed by atoms with Crippen molar-refractivity contribution in [2.45, 2.75) is 6.92 Å². The summed E-state index contributed by atoms with van der Waals surface area (Å²) in [5.74, 6) is 0.0755. The molecule has 0 saturated carbocycles. The van der Waals surface area contributed by atoms with E-state index in [2.05, 4.69) is 9.97 Å². The van der Waals surface area contributed by atoms with Crippen molar-refractivity contribution in [3.63, 3.8) is 0 Å². The third-order valence-corrected chi connectivity index (χ3v) is 2.46. The first-order valence-corrected chi connectivity index (χ1v) is 5.21. The number of rotatable bonds is 1. The highest BCUT2D eigenvalue weighted by atomic mass is 19.1. The van der Waals surface area contributed by atoms with Crippen LogP contribution in [0.15, 0.2) is 40.9 Å². The molecule has 1 aromatic carbocycles. The van der Waals surface area contributed by atoms with Gasteiger partial charge in [0.1, 0.15) is 11.3 Å². The number of hydrogen-bond donors (Lipinski definition) is 0. The molecule has 2 heterocycles. The molecule has 4 heteroatoms. The second-order valence-corrected chi connectivity index (χ2v) is 3.87. The minimum absolute atomic E-state index is 0.311. The van der Waals surface area contributed by atoms with Crippen molar-refractivity contribution in [2.75, 3.05) is 0 Å². The molecule has 0 spiro atoms. The molecule has 3 rings (SSSR count). The Morgan fingerprint density at radius 2 is 2.12 bits per heavy atom. The van der Waals surface area contributed by atoms with Crippen molar-refractivity contribution < 1.29 is 8.81 Å². The maximum absolute atomic E-state index is 13.1. The molecule has 3 aromatic rings. The monoisotopic (exact) mass is 228 g/mol. The molecule has 0 amide bonds. The number of hydrogen-bond acceptors (Lipinski definition) is 3. The molecule has 17 heavy (non-hydrogen) atoms. The van der Waals surface area contributed by atoms with Gasteiger partial charge in [0.05, 0.1) is 0 Å². The number of oxazole rings is 1. The lowest BCUT2D eigenvalue weighted by Gasteiger charge is -1.93. The average Bonchev–Trinajstić information content (AvgIpc) is 2.72. The number of aryl methyl sites for hydroxylation is 1. The van der Waals surface area contributed by atoms with E-state index in [1.54, 1.807) is 18.3 Å². The normalized spacial score (nSPS) is 10.9. The molecule has 0 unspecified atom stereocenters. The fourth-order valence-electron chi connectivity index (χ4n) is 1.67. The smallest absolute Gasteiger partial charge is 0.247 e. The van der Waals surface area contributed by atoms with E-state index in [1.807, 2.05) is 13.0 Å². The zero-order valence-corrected chi connectivity index (χ0v) is 9.14. The van der Waals surface area contributed by atoms with Gasteiger partial charge in [-0.3, -0.25) is 0 Å². The minimum atomic E-state index is -0.311. The zero-order valence-electron chi connectivity index (χ0n) is 9.14. The first-order valence-electron chi connectivity index (χ1n) is 5.21. The van der Waals surface area contributed by atoms with Crippen LogP contribution in [0, 0.1) is 12.7 Å². The SMILES string of the molecule is Cc1cnc2oc(-c3cccc(F)c3)nc2c1. The lowest BCUT2D eigenvalue weighted by atomic mass is 10.2. The molecule has 0 atom stereocenters. The number of halogens is 1. The molecule has 0 fully saturated rings. The lowest BCUT2D eigenvalue weighted by Crippen LogP contribution is -1.79. The Bertz CT molecular complexity index is 691. The number of aromatic nitrogens is 2. The summed E-state index contributed by atoms with van der Waals surface area (Å²) >= 11 is 0. The van der Waals surface area contributed by atoms with E-state index in [1.165, 1.54) is 12.1 Å². The van der Waals surface area contributed by atoms with E-state index < -0.39 is 0 Å². The zero-order chi connectivity index (χ0) is 11.8. The molecule has 0 aliphatic carbocycles. The van der Waals surface area contributed by atoms with E-state index in [9.17, 15) is 4.39 Å². The Labute approximate surface area is 96.9 Å². The Hall–Kier alpha value is -2.23. The summed E-state index contributed by atoms with van der Waals surface area (Å²) in [7, 11) is 0. The van der Waals surface area contributed by atoms with Crippen LogP contribution in [0.4, 0.5) is 4.39 Å². The third-order valence-electron chi connectivity index (χ3n) is 2.46. The van der Waals surface area contributed by atoms with Crippen LogP contribution in [-0.2, 0) is 0 Å². The number of benzene rings is 1. The fraction of sp³-hybridized carbons (Fsp3) is 0.0769. The van der Waals surface area contributed by atoms with Crippen molar-refractivity contribution in [2.24, 2.45) is 0 Å². The number of fused-ring (bicyclic) bond motifs is 1. The molecule has 0 aliphatic rings. The van der Waals surface area contributed by atoms with Gasteiger partial charge in [-0.2, -0.15) is 0 Å². The van der Waals surface area contributed by atoms with Gasteiger partial charge in [-0.1, -0.05) is 6.07 Å². The quantitative estimate of drug-likeness (QED) is 0.641. The summed E-state index contributed by atoms with van der Waals surface area (Å²) in [6.45, 7) is 1.93. The second kappa shape index (κ2) is 3.66. The molecule has 0 saturated heterocycles. The van der Waals surface area contributed by atoms with Crippen LogP contribution in [0.5, 0.6) is 0 Å². The van der Waals surface area contributed by atoms with Gasteiger partial charge in [0, 0.05) is 11.8 Å². The van der Waals surface area contributed by atoms with Crippen molar-refractivity contribution in [1.82, 2.24) is 9.97 Å². The van der Waals surface area contributed by atoms with Crippen LogP contribution in [-0.4, -0.2) is 9.97 Å². The van der Waals surface area contributed by atoms with Crippen molar-refractivity contribution >= 4 is 11.2 Å². The van der Waals surface area contributed by atoms with Gasteiger partial charge < -0.3 is 4.42 Å². The van der Waals surface area contributed by atoms with Crippen molar-refractivity contribution in [1.29, 1.82) is 0 Å². The second-order valence-electron chi connectivity index (χ2n) is 3.87. The highest BCUT2D eigenvalue weighted by Crippen LogP contribution is 2.23. The molecule has 3 nitrogen and oxygen atoms in total. The molecule has 0 N–H and O–H groups in total. The first kappa shape index (κ1) is 9.96. The van der Waals surface area contributed by atoms with Gasteiger partial charge in [-0.25, -0.2) is 14.4 Å². The number of pyridine rings is 1. The van der Waals surface area contributed by atoms with Crippen LogP contribution < -0.4 is 0 Å². The van der Waals surface area contributed by atoms with Crippen LogP contribution >= 0.6 is 0 Å². The maximum Gasteiger partial charge on any atom is 0.247 e. The lowest BCUT2D eigenvalue weighted by molar-refractivity contribution is 0.602. The van der Waals surface area contributed by atoms with E-state index >= 15 is 0 Å². The van der Waals surface area contributed by atoms with Gasteiger partial charge in [-0.15, -0.1) is 0 Å². The summed E-state index contributed by atoms with van der Waals surface area (Å²) < 4.78 is 18.6. The first-order chi connectivity index (χ1) is 8.22. The van der Waals surface area contributed by atoms with Gasteiger partial charge >= 0.3 is 0 Å². The van der Waals surface area contributed by atoms with Crippen LogP contribution in [0.2, 0.25) is 0 Å². The summed E-state index contributed by atoms with van der Waals surface area (Å²) in [6.07, 6.45) is 1.71. The third kappa shape index (κ3) is 1.78. The Morgan fingerprint density at radius 1 is 1.24 bits per heavy atom. The fourth-order valence-corrected chi connectivity index (χ4v) is 1.67. The molecule has 0 radical (unpaired) electrons. The summed E-state index contributed by atoms with van der Waals surface area (Å²) in [5.41, 5.74) is 2.77. The van der Waals surface area contributed by atoms with Gasteiger partial charge in [0.15, 0.2) is 0 Å². The summed E-state index contributed by atoms with van der Waals surface area (Å²) in [5, 5.41) is 0. The van der Waals surface area contributed by atoms with Gasteiger partial charge in [0.2, 0.25) is 11.6 Å². The molecule has 84 valence electrons. The van der Waals surface area contributed by atoms with Crippen molar-refractivity contribution in [3.8, 4) is 11.5 Å². The predicted octanol–water partition coefficient (Wildman–Crippen LogP) is 3.34. The largest absolute Gasteiger partial charge is 0.418 e. The van der Waals surface area contributed by atoms with E-state index in [0.717, 1.165) is 5.56 Å². The Balaban J connectivity index is 2.18. The number of nitrogens with zero attached hydrogens (tertiary/aromatic N) is 2. The maximum atomic E-state index is 13.1. The van der Waals surface area contributed by atoms with Crippen LogP contribution in [0.3, 0.4) is 0 Å². The summed E-state index contributed by atoms with van der Waals surface area (Å²) in [6, 6.07) is 8.03. The van der Waals surface area contributed by atoms with Gasteiger partial charge in [0.25, 0.3) is 0 Å². The average molecular weight is 228 g/mol. The topological polar surface area (TPSA) is 38.9 Å². The standard InChI is InChI=1S/C13H9FN2O/c1-8-5-11-13(15-7-8)17-12(16-11)9-3-2-4-10(14)6-9/h2-7H,1H3. The van der Waals surface area contributed by atoms with Crippen LogP contribution in [0.25, 0.3) is 22.7 Å². The minimum Gasteiger partial charge on any atom is -0.418 e. The highest BCUT2D eigenvalue weighted by molar-refractivity contribution is 5.72. The predicted molar refractivity (Wildman–Crippen MR) is 61.9 cm³/mol. The molecular formula is C13H9FN2O. The Morgan fingerprint density at radius 3 is 2.94 bits per heavy atom. The Kier molecular flexibility index (Phi) is 2.14. The van der Waals surface area contributed by atoms with Crippen molar-refractivity contribution in [3.05, 3.63) is 47.9 Å². The highest BCUT2D eigenvalue weighted by Gasteiger charge is 2.09. The van der Waals surface area contributed by atoms with E-state index in [0.29, 0.717) is 22.7 Å². The molecule has 0 aliphatic heterocycles. The summed E-state index contributed by atoms with van der Waals surface area (Å²) in [4.78, 5) is 8.42. The molecule has 0 bridgehead atoms. The molecular weight excluding hydrogens is 219 g/mol. The van der Waals surface area contributed by atoms with E-state index in [-0.39, 0.29) is 5.82 Å². The van der Waals surface area contributed by atoms with Gasteiger partial charge in [-0.05, 0) is 36.8 Å². The van der Waals surface area contributed by atoms with E-state index in [4.69, 9.17) is 4.42 Å². The molecule has 2 aromatic heterocycles.